The molecule has 1 radical (unpaired) electrons. The number of nitrogens with zero attached hydrogens (tertiary/aromatic N) is 2. The molecule has 0 spiro atoms. The van der Waals surface area contributed by atoms with Crippen molar-refractivity contribution in [2.75, 3.05) is 0 Å². The van der Waals surface area contributed by atoms with E-state index in [1.807, 2.05) is 84.3 Å². The van der Waals surface area contributed by atoms with Crippen LogP contribution in [0.25, 0.3) is 76.1 Å². The quantitative estimate of drug-likeness (QED) is 0.161. The molecular weight excluding hydrogens is 805 g/mol. The monoisotopic (exact) mass is 835 g/mol. The van der Waals surface area contributed by atoms with Gasteiger partial charge in [0, 0.05) is 52.7 Å². The number of fused-ring (bicyclic) bond motifs is 3. The zero-order valence-electron chi connectivity index (χ0n) is 27.0. The van der Waals surface area contributed by atoms with Crippen molar-refractivity contribution in [3.05, 3.63) is 194 Å². The summed E-state index contributed by atoms with van der Waals surface area (Å²) in [5, 5.41) is 2.66. The summed E-state index contributed by atoms with van der Waals surface area (Å²) in [5.74, 6) is 0. The minimum atomic E-state index is 0. The van der Waals surface area contributed by atoms with Crippen LogP contribution in [0.2, 0.25) is 0 Å². The van der Waals surface area contributed by atoms with Gasteiger partial charge in [0.25, 0.3) is 0 Å². The summed E-state index contributed by atoms with van der Waals surface area (Å²) >= 11 is 1.88. The summed E-state index contributed by atoms with van der Waals surface area (Å²) in [4.78, 5) is 8.71. The third kappa shape index (κ3) is 7.10. The molecule has 50 heavy (non-hydrogen) atoms. The number of benzene rings is 6. The Bertz CT molecular complexity index is 2460. The SMILES string of the molecule is [Ir].[c-]1ccc(-c2cccc(-c3cccc(-c4cccc5c4sc4ccccc45)c3)c2)cc1-c1ccccn1.[c-]1ccccc1-c1ccccn1. The molecule has 4 heteroatoms. The number of pyridine rings is 2. The molecule has 3 aromatic heterocycles. The topological polar surface area (TPSA) is 25.8 Å². The number of hydrogen-bond donors (Lipinski definition) is 0. The van der Waals surface area contributed by atoms with Gasteiger partial charge in [-0.05, 0) is 69.5 Å². The number of aromatic nitrogens is 2. The number of rotatable bonds is 5. The zero-order valence-corrected chi connectivity index (χ0v) is 30.2. The van der Waals surface area contributed by atoms with Crippen LogP contribution in [0.3, 0.4) is 0 Å². The predicted molar refractivity (Wildman–Crippen MR) is 206 cm³/mol. The van der Waals surface area contributed by atoms with Crippen molar-refractivity contribution in [3.8, 4) is 55.9 Å². The number of hydrogen-bond acceptors (Lipinski definition) is 3. The fourth-order valence-corrected chi connectivity index (χ4v) is 7.35. The molecule has 2 nitrogen and oxygen atoms in total. The van der Waals surface area contributed by atoms with E-state index in [9.17, 15) is 0 Å². The maximum Gasteiger partial charge on any atom is 0.0433 e. The number of thiophene rings is 1. The van der Waals surface area contributed by atoms with Gasteiger partial charge in [-0.1, -0.05) is 97.1 Å². The van der Waals surface area contributed by atoms with Crippen LogP contribution in [0.15, 0.2) is 182 Å². The average Bonchev–Trinajstić information content (AvgIpc) is 3.58. The normalized spacial score (nSPS) is 10.6. The van der Waals surface area contributed by atoms with Gasteiger partial charge in [0.05, 0.1) is 0 Å². The Morgan fingerprint density at radius 3 is 1.70 bits per heavy atom. The van der Waals surface area contributed by atoms with E-state index in [4.69, 9.17) is 0 Å². The Labute approximate surface area is 310 Å². The Morgan fingerprint density at radius 1 is 0.420 bits per heavy atom. The molecule has 0 saturated heterocycles. The van der Waals surface area contributed by atoms with Crippen LogP contribution >= 0.6 is 11.3 Å². The van der Waals surface area contributed by atoms with Gasteiger partial charge in [0.15, 0.2) is 0 Å². The first-order chi connectivity index (χ1) is 24.3. The molecule has 9 rings (SSSR count). The van der Waals surface area contributed by atoms with E-state index in [-0.39, 0.29) is 20.1 Å². The van der Waals surface area contributed by atoms with Crippen LogP contribution in [0, 0.1) is 12.1 Å². The van der Waals surface area contributed by atoms with E-state index < -0.39 is 0 Å². The summed E-state index contributed by atoms with van der Waals surface area (Å²) < 4.78 is 2.68. The molecule has 3 heterocycles. The second kappa shape index (κ2) is 15.4. The predicted octanol–water partition coefficient (Wildman–Crippen LogP) is 12.5. The molecule has 0 amide bonds. The first-order valence-corrected chi connectivity index (χ1v) is 17.0. The molecule has 0 aliphatic heterocycles. The second-order valence-corrected chi connectivity index (χ2v) is 12.7. The van der Waals surface area contributed by atoms with Crippen molar-refractivity contribution in [3.63, 3.8) is 0 Å². The molecule has 0 bridgehead atoms. The summed E-state index contributed by atoms with van der Waals surface area (Å²) in [6.07, 6.45) is 3.61. The molecule has 9 aromatic rings. The van der Waals surface area contributed by atoms with E-state index in [1.54, 1.807) is 6.20 Å². The van der Waals surface area contributed by atoms with Crippen LogP contribution in [0.4, 0.5) is 0 Å². The Kier molecular flexibility index (Phi) is 10.1. The van der Waals surface area contributed by atoms with Crippen molar-refractivity contribution in [2.24, 2.45) is 0 Å². The smallest absolute Gasteiger partial charge is 0.0433 e. The van der Waals surface area contributed by atoms with E-state index in [1.165, 1.54) is 48.0 Å². The second-order valence-electron chi connectivity index (χ2n) is 11.6. The van der Waals surface area contributed by atoms with Crippen LogP contribution in [-0.2, 0) is 20.1 Å². The summed E-state index contributed by atoms with van der Waals surface area (Å²) in [6.45, 7) is 0. The average molecular weight is 835 g/mol. The van der Waals surface area contributed by atoms with Gasteiger partial charge in [-0.3, -0.25) is 0 Å². The maximum absolute atomic E-state index is 4.49. The third-order valence-electron chi connectivity index (χ3n) is 8.50. The van der Waals surface area contributed by atoms with Gasteiger partial charge >= 0.3 is 0 Å². The van der Waals surface area contributed by atoms with Crippen molar-refractivity contribution in [1.82, 2.24) is 9.97 Å². The largest absolute Gasteiger partial charge is 0.305 e. The third-order valence-corrected chi connectivity index (χ3v) is 9.72. The maximum atomic E-state index is 4.49. The molecule has 0 N–H and O–H groups in total. The van der Waals surface area contributed by atoms with Gasteiger partial charge in [0.1, 0.15) is 0 Å². The standard InChI is InChI=1S/C35H22NS.C11H8N.Ir/c1-2-19-34-31(15-1)32-17-8-16-30(35(32)37-34)28-13-6-11-26(22-28)24-9-5-10-25(21-24)27-12-7-14-29(23-27)33-18-3-4-20-36-33;1-2-6-10(7-3-1)11-8-4-5-9-12-11;/h1-13,15-23H;1-6,8-9H;/q2*-1;. The van der Waals surface area contributed by atoms with E-state index in [0.717, 1.165) is 28.1 Å². The van der Waals surface area contributed by atoms with Gasteiger partial charge < -0.3 is 9.97 Å². The molecular formula is C46H30IrN2S-2. The molecule has 0 unspecified atom stereocenters. The van der Waals surface area contributed by atoms with Crippen LogP contribution in [0.1, 0.15) is 0 Å². The fourth-order valence-electron chi connectivity index (χ4n) is 6.11. The molecule has 0 fully saturated rings. The van der Waals surface area contributed by atoms with Gasteiger partial charge in [-0.25, -0.2) is 0 Å². The minimum Gasteiger partial charge on any atom is -0.305 e. The van der Waals surface area contributed by atoms with E-state index >= 15 is 0 Å². The Balaban J connectivity index is 0.000000255. The first kappa shape index (κ1) is 33.0. The summed E-state index contributed by atoms with van der Waals surface area (Å²) in [5.41, 5.74) is 11.2. The van der Waals surface area contributed by atoms with Crippen LogP contribution in [-0.4, -0.2) is 9.97 Å². The van der Waals surface area contributed by atoms with Crippen molar-refractivity contribution < 1.29 is 20.1 Å². The fraction of sp³-hybridized carbons (Fsp3) is 0. The molecule has 0 atom stereocenters. The molecule has 0 aliphatic rings. The van der Waals surface area contributed by atoms with Crippen molar-refractivity contribution in [1.29, 1.82) is 0 Å². The van der Waals surface area contributed by atoms with Gasteiger partial charge in [-0.2, -0.15) is 0 Å². The molecule has 6 aromatic carbocycles. The minimum absolute atomic E-state index is 0. The molecule has 0 saturated carbocycles. The van der Waals surface area contributed by atoms with E-state index in [0.29, 0.717) is 0 Å². The van der Waals surface area contributed by atoms with Gasteiger partial charge in [-0.15, -0.1) is 82.6 Å². The Hall–Kier alpha value is -5.51. The summed E-state index contributed by atoms with van der Waals surface area (Å²) in [6, 6.07) is 65.4. The summed E-state index contributed by atoms with van der Waals surface area (Å²) in [7, 11) is 0. The van der Waals surface area contributed by atoms with E-state index in [2.05, 4.69) is 125 Å². The van der Waals surface area contributed by atoms with Crippen LogP contribution in [0.5, 0.6) is 0 Å². The zero-order chi connectivity index (χ0) is 32.8. The first-order valence-electron chi connectivity index (χ1n) is 16.2. The Morgan fingerprint density at radius 2 is 1.00 bits per heavy atom. The van der Waals surface area contributed by atoms with Gasteiger partial charge in [0.2, 0.25) is 0 Å². The molecule has 241 valence electrons. The van der Waals surface area contributed by atoms with Crippen LogP contribution < -0.4 is 0 Å². The van der Waals surface area contributed by atoms with Crippen molar-refractivity contribution >= 4 is 31.5 Å². The van der Waals surface area contributed by atoms with Crippen molar-refractivity contribution in [2.45, 2.75) is 0 Å². The molecule has 0 aliphatic carbocycles.